The number of thioether (sulfide) groups is 1. The lowest BCUT2D eigenvalue weighted by molar-refractivity contribution is -0.339. The summed E-state index contributed by atoms with van der Waals surface area (Å²) in [6, 6.07) is 12.0. The molecule has 2 aromatic heterocycles. The first-order valence-corrected chi connectivity index (χ1v) is 20.6. The number of aromatic nitrogens is 4. The highest BCUT2D eigenvalue weighted by Gasteiger charge is 2.48. The van der Waals surface area contributed by atoms with Crippen LogP contribution in [0.15, 0.2) is 55.0 Å². The number of carbonyl (C=O) groups is 3. The number of methoxy groups -OCH3 is 1. The Hall–Kier alpha value is -4.77. The fourth-order valence-electron chi connectivity index (χ4n) is 7.20. The fraction of sp³-hybridized carbons (Fsp3) is 0.512. The fourth-order valence-corrected chi connectivity index (χ4v) is 8.19. The molecule has 5 N–H and O–H groups in total. The van der Waals surface area contributed by atoms with E-state index in [0.717, 1.165) is 64.0 Å². The lowest BCUT2D eigenvalue weighted by Crippen LogP contribution is -2.64. The number of hydrogen-bond donors (Lipinski definition) is 5. The van der Waals surface area contributed by atoms with Crippen molar-refractivity contribution < 1.29 is 28.6 Å². The molecule has 3 aliphatic heterocycles. The van der Waals surface area contributed by atoms with Gasteiger partial charge in [0.05, 0.1) is 17.6 Å². The number of benzene rings is 2. The van der Waals surface area contributed by atoms with Gasteiger partial charge in [-0.25, -0.2) is 19.7 Å². The predicted octanol–water partition coefficient (Wildman–Crippen LogP) is 5.21. The van der Waals surface area contributed by atoms with Gasteiger partial charge in [0.25, 0.3) is 0 Å². The van der Waals surface area contributed by atoms with E-state index in [1.807, 2.05) is 65.0 Å². The molecular formula is C41H53N9O6S. The number of imidazole rings is 1. The van der Waals surface area contributed by atoms with Crippen LogP contribution in [0.1, 0.15) is 59.7 Å². The van der Waals surface area contributed by atoms with E-state index in [1.165, 1.54) is 7.11 Å². The quantitative estimate of drug-likeness (QED) is 0.0738. The van der Waals surface area contributed by atoms with Gasteiger partial charge in [-0.05, 0) is 66.5 Å². The van der Waals surface area contributed by atoms with Gasteiger partial charge in [0, 0.05) is 61.1 Å². The van der Waals surface area contributed by atoms with Crippen molar-refractivity contribution in [2.24, 2.45) is 11.8 Å². The van der Waals surface area contributed by atoms with Crippen LogP contribution in [-0.4, -0.2) is 106 Å². The van der Waals surface area contributed by atoms with Crippen molar-refractivity contribution in [1.29, 1.82) is 0 Å². The van der Waals surface area contributed by atoms with Crippen molar-refractivity contribution in [1.82, 2.24) is 40.8 Å². The van der Waals surface area contributed by atoms with Crippen molar-refractivity contribution in [2.75, 3.05) is 44.6 Å². The Labute approximate surface area is 337 Å². The average Bonchev–Trinajstić information content (AvgIpc) is 3.55. The summed E-state index contributed by atoms with van der Waals surface area (Å²) in [6.45, 7) is 11.6. The van der Waals surface area contributed by atoms with E-state index in [2.05, 4.69) is 72.6 Å². The second-order valence-electron chi connectivity index (χ2n) is 15.9. The Morgan fingerprint density at radius 2 is 1.75 bits per heavy atom. The van der Waals surface area contributed by atoms with Gasteiger partial charge in [-0.15, -0.1) is 11.8 Å². The van der Waals surface area contributed by atoms with E-state index in [1.54, 1.807) is 4.90 Å². The summed E-state index contributed by atoms with van der Waals surface area (Å²) >= 11 is 1.89. The Morgan fingerprint density at radius 1 is 1.05 bits per heavy atom. The maximum Gasteiger partial charge on any atom is 0.407 e. The normalized spacial score (nSPS) is 20.9. The number of rotatable bonds is 16. The van der Waals surface area contributed by atoms with Gasteiger partial charge in [-0.1, -0.05) is 52.0 Å². The number of alkyl carbamates (subject to hydrolysis) is 1. The van der Waals surface area contributed by atoms with Crippen LogP contribution in [0.25, 0.3) is 33.2 Å². The van der Waals surface area contributed by atoms with Gasteiger partial charge < -0.3 is 40.0 Å². The van der Waals surface area contributed by atoms with E-state index < -0.39 is 24.1 Å². The van der Waals surface area contributed by atoms with Crippen LogP contribution in [0, 0.1) is 11.8 Å². The molecule has 3 fully saturated rings. The monoisotopic (exact) mass is 799 g/mol. The molecular weight excluding hydrogens is 747 g/mol. The molecule has 0 radical (unpaired) electrons. The number of H-pyrrole nitrogens is 1. The topological polar surface area (TPSA) is 185 Å². The summed E-state index contributed by atoms with van der Waals surface area (Å²) in [4.78, 5) is 57.5. The van der Waals surface area contributed by atoms with Crippen LogP contribution in [0.5, 0.6) is 0 Å². The molecule has 1 unspecified atom stereocenters. The van der Waals surface area contributed by atoms with Crippen molar-refractivity contribution in [2.45, 2.75) is 82.7 Å². The molecule has 3 aliphatic rings. The molecule has 0 bridgehead atoms. The second kappa shape index (κ2) is 17.0. The molecule has 57 heavy (non-hydrogen) atoms. The molecule has 304 valence electrons. The zero-order valence-electron chi connectivity index (χ0n) is 33.4. The first kappa shape index (κ1) is 40.4. The van der Waals surface area contributed by atoms with E-state index in [9.17, 15) is 14.4 Å². The highest BCUT2D eigenvalue weighted by atomic mass is 32.2. The van der Waals surface area contributed by atoms with Crippen LogP contribution in [0.4, 0.5) is 10.7 Å². The first-order valence-electron chi connectivity index (χ1n) is 19.6. The van der Waals surface area contributed by atoms with Crippen molar-refractivity contribution >= 4 is 46.4 Å². The van der Waals surface area contributed by atoms with E-state index in [0.29, 0.717) is 25.6 Å². The van der Waals surface area contributed by atoms with Crippen LogP contribution in [0.3, 0.4) is 0 Å². The van der Waals surface area contributed by atoms with Gasteiger partial charge in [0.2, 0.25) is 24.2 Å². The van der Waals surface area contributed by atoms with Crippen molar-refractivity contribution in [3.8, 4) is 22.4 Å². The van der Waals surface area contributed by atoms with Gasteiger partial charge >= 0.3 is 6.09 Å². The second-order valence-corrected chi connectivity index (χ2v) is 17.3. The van der Waals surface area contributed by atoms with Crippen LogP contribution in [-0.2, 0) is 28.5 Å². The number of anilines is 1. The van der Waals surface area contributed by atoms with Crippen molar-refractivity contribution in [3.63, 3.8) is 0 Å². The largest absolute Gasteiger partial charge is 0.453 e. The summed E-state index contributed by atoms with van der Waals surface area (Å²) in [5.41, 5.74) is 3.05. The number of aromatic amines is 1. The van der Waals surface area contributed by atoms with Crippen molar-refractivity contribution in [3.05, 3.63) is 60.8 Å². The average molecular weight is 800 g/mol. The number of nitrogens with zero attached hydrogens (tertiary/aromatic N) is 4. The molecule has 5 heterocycles. The summed E-state index contributed by atoms with van der Waals surface area (Å²) in [5.74, 6) is 2.25. The number of fused-ring (bicyclic) bond motifs is 1. The summed E-state index contributed by atoms with van der Waals surface area (Å²) in [7, 11) is 1.29. The number of carbonyl (C=O) groups excluding carboxylic acids is 3. The first-order chi connectivity index (χ1) is 27.4. The molecule has 15 nitrogen and oxygen atoms in total. The molecule has 4 atom stereocenters. The molecule has 0 saturated carbocycles. The SMILES string of the molecule is COC(=O)N[C@H](C(=O)N1CCC(Nc2ncc(-c3ccc4cc(-c5c[nH]c([C@]6(CCCNC(=O)[C@](C)(NC7OCO7)C(C)C)CS6)n5)ccc4c3)cn2)C1)C(C)C. The summed E-state index contributed by atoms with van der Waals surface area (Å²) < 4.78 is 15.3. The molecule has 7 rings (SSSR count). The Balaban J connectivity index is 0.918. The Bertz CT molecular complexity index is 2070. The van der Waals surface area contributed by atoms with Gasteiger partial charge in [0.1, 0.15) is 17.4 Å². The maximum absolute atomic E-state index is 13.2. The summed E-state index contributed by atoms with van der Waals surface area (Å²) in [6.07, 6.45) is 6.92. The number of likely N-dealkylation sites (tertiary alicyclic amines) is 1. The molecule has 16 heteroatoms. The Kier molecular flexibility index (Phi) is 12.0. The van der Waals surface area contributed by atoms with E-state index in [-0.39, 0.29) is 41.2 Å². The lowest BCUT2D eigenvalue weighted by atomic mass is 9.87. The highest BCUT2D eigenvalue weighted by molar-refractivity contribution is 8.07. The minimum absolute atomic E-state index is 0.00233. The molecule has 0 spiro atoms. The predicted molar refractivity (Wildman–Crippen MR) is 219 cm³/mol. The van der Waals surface area contributed by atoms with Crippen LogP contribution >= 0.6 is 11.8 Å². The molecule has 3 saturated heterocycles. The van der Waals surface area contributed by atoms with E-state index >= 15 is 0 Å². The van der Waals surface area contributed by atoms with Crippen LogP contribution in [0.2, 0.25) is 0 Å². The maximum atomic E-state index is 13.2. The molecule has 0 aliphatic carbocycles. The minimum Gasteiger partial charge on any atom is -0.453 e. The van der Waals surface area contributed by atoms with Gasteiger partial charge in [0.15, 0.2) is 6.79 Å². The third kappa shape index (κ3) is 9.03. The zero-order chi connectivity index (χ0) is 40.3. The third-order valence-corrected chi connectivity index (χ3v) is 12.8. The minimum atomic E-state index is -0.802. The number of ether oxygens (including phenoxy) is 3. The Morgan fingerprint density at radius 3 is 2.39 bits per heavy atom. The van der Waals surface area contributed by atoms with Gasteiger partial charge in [-0.3, -0.25) is 14.9 Å². The van der Waals surface area contributed by atoms with Crippen LogP contribution < -0.4 is 21.3 Å². The highest BCUT2D eigenvalue weighted by Crippen LogP contribution is 2.55. The third-order valence-electron chi connectivity index (χ3n) is 11.4. The number of hydrogen-bond acceptors (Lipinski definition) is 12. The van der Waals surface area contributed by atoms with Gasteiger partial charge in [-0.2, -0.15) is 0 Å². The molecule has 3 amide bonds. The molecule has 4 aromatic rings. The standard InChI is InChI=1S/C41H53N9O6S/c1-24(2)33(48-38(53)54-6)34(51)50-15-12-31(21-50)46-37-44-18-30(19-45-37)28-9-8-27-17-29(11-10-26(27)16-28)32-20-43-35(47-32)41(22-57-41)13-7-14-42-36(52)40(5,25(3)4)49-39-55-23-56-39/h8-11,16-20,24-25,31,33,39,49H,7,12-15,21-23H2,1-6H3,(H,42,52)(H,43,47)(H,48,53)(H,44,45,46)/t31?,33-,40+,41-/m0/s1. The number of nitrogens with one attached hydrogen (secondary N) is 5. The lowest BCUT2D eigenvalue weighted by Gasteiger charge is -2.39. The van der Waals surface area contributed by atoms with E-state index in [4.69, 9.17) is 19.2 Å². The smallest absolute Gasteiger partial charge is 0.407 e. The molecule has 2 aromatic carbocycles. The zero-order valence-corrected chi connectivity index (χ0v) is 34.2. The summed E-state index contributed by atoms with van der Waals surface area (Å²) in [5, 5.41) is 14.5. The number of amides is 3.